The molecule has 0 N–H and O–H groups in total. The second-order valence-electron chi connectivity index (χ2n) is 6.77. The van der Waals surface area contributed by atoms with E-state index < -0.39 is 0 Å². The minimum atomic E-state index is -0.178. The zero-order valence-electron chi connectivity index (χ0n) is 17.0. The number of amides is 1. The lowest BCUT2D eigenvalue weighted by Crippen LogP contribution is -2.34. The third-order valence-corrected chi connectivity index (χ3v) is 5.84. The number of hydrogen-bond donors (Lipinski definition) is 0. The quantitative estimate of drug-likeness (QED) is 0.331. The number of hydrogen-bond acceptors (Lipinski definition) is 5. The van der Waals surface area contributed by atoms with Crippen LogP contribution in [0.25, 0.3) is 10.2 Å². The van der Waals surface area contributed by atoms with Gasteiger partial charge in [0.2, 0.25) is 0 Å². The molecule has 0 aliphatic carbocycles. The summed E-state index contributed by atoms with van der Waals surface area (Å²) < 4.78 is 12.3. The van der Waals surface area contributed by atoms with Crippen LogP contribution in [0.2, 0.25) is 5.02 Å². The lowest BCUT2D eigenvalue weighted by Gasteiger charge is -2.20. The van der Waals surface area contributed by atoms with Gasteiger partial charge < -0.3 is 9.47 Å². The van der Waals surface area contributed by atoms with Crippen LogP contribution in [0.5, 0.6) is 11.5 Å². The first kappa shape index (κ1) is 21.2. The summed E-state index contributed by atoms with van der Waals surface area (Å²) in [6, 6.07) is 22.5. The van der Waals surface area contributed by atoms with E-state index in [1.54, 1.807) is 29.2 Å². The van der Waals surface area contributed by atoms with Crippen molar-refractivity contribution in [3.8, 4) is 11.5 Å². The molecule has 0 bridgehead atoms. The number of benzene rings is 3. The molecule has 7 heteroatoms. The summed E-state index contributed by atoms with van der Waals surface area (Å²) >= 11 is 7.38. The first-order valence-electron chi connectivity index (χ1n) is 9.88. The van der Waals surface area contributed by atoms with Crippen LogP contribution in [0.3, 0.4) is 0 Å². The Morgan fingerprint density at radius 3 is 2.48 bits per heavy atom. The molecule has 1 heterocycles. The molecule has 31 heavy (non-hydrogen) atoms. The second kappa shape index (κ2) is 9.81. The molecule has 0 radical (unpaired) electrons. The van der Waals surface area contributed by atoms with Crippen molar-refractivity contribution < 1.29 is 14.3 Å². The smallest absolute Gasteiger partial charge is 0.267 e. The van der Waals surface area contributed by atoms with Crippen LogP contribution >= 0.6 is 22.9 Å². The standard InChI is InChI=1S/C24H21ClN2O3S/c1-2-29-20-12-13-21-22(14-20)31-24(26-21)27(15-17-6-4-3-5-7-17)23(28)16-30-19-10-8-18(25)9-11-19/h3-14H,2,15-16H2,1H3. The van der Waals surface area contributed by atoms with E-state index in [9.17, 15) is 4.79 Å². The molecule has 0 spiro atoms. The number of nitrogens with zero attached hydrogens (tertiary/aromatic N) is 2. The Hall–Kier alpha value is -3.09. The van der Waals surface area contributed by atoms with Crippen molar-refractivity contribution in [2.24, 2.45) is 0 Å². The number of ether oxygens (including phenoxy) is 2. The molecule has 4 aromatic rings. The number of thiazole rings is 1. The summed E-state index contributed by atoms with van der Waals surface area (Å²) in [7, 11) is 0. The summed E-state index contributed by atoms with van der Waals surface area (Å²) in [5, 5.41) is 1.24. The van der Waals surface area contributed by atoms with Crippen molar-refractivity contribution >= 4 is 44.2 Å². The number of aromatic nitrogens is 1. The molecule has 0 saturated carbocycles. The highest BCUT2D eigenvalue weighted by Gasteiger charge is 2.21. The Labute approximate surface area is 189 Å². The summed E-state index contributed by atoms with van der Waals surface area (Å²) in [6.45, 7) is 2.84. The van der Waals surface area contributed by atoms with Gasteiger partial charge >= 0.3 is 0 Å². The van der Waals surface area contributed by atoms with Gasteiger partial charge in [0.15, 0.2) is 11.7 Å². The van der Waals surface area contributed by atoms with E-state index in [0.717, 1.165) is 21.5 Å². The first-order valence-corrected chi connectivity index (χ1v) is 11.1. The molecule has 0 aliphatic heterocycles. The fourth-order valence-electron chi connectivity index (χ4n) is 3.05. The Bertz CT molecular complexity index is 1160. The van der Waals surface area contributed by atoms with E-state index in [4.69, 9.17) is 26.1 Å². The molecular formula is C24H21ClN2O3S. The molecule has 3 aromatic carbocycles. The first-order chi connectivity index (χ1) is 15.1. The molecule has 0 saturated heterocycles. The number of anilines is 1. The summed E-state index contributed by atoms with van der Waals surface area (Å²) in [5.41, 5.74) is 1.84. The molecule has 5 nitrogen and oxygen atoms in total. The molecular weight excluding hydrogens is 432 g/mol. The number of fused-ring (bicyclic) bond motifs is 1. The van der Waals surface area contributed by atoms with Gasteiger partial charge in [-0.15, -0.1) is 0 Å². The fraction of sp³-hybridized carbons (Fsp3) is 0.167. The van der Waals surface area contributed by atoms with E-state index in [-0.39, 0.29) is 12.5 Å². The largest absolute Gasteiger partial charge is 0.494 e. The predicted octanol–water partition coefficient (Wildman–Crippen LogP) is 5.96. The maximum atomic E-state index is 13.2. The van der Waals surface area contributed by atoms with E-state index in [0.29, 0.717) is 29.1 Å². The van der Waals surface area contributed by atoms with Crippen LogP contribution in [0, 0.1) is 0 Å². The van der Waals surface area contributed by atoms with Crippen molar-refractivity contribution in [3.05, 3.63) is 83.4 Å². The van der Waals surface area contributed by atoms with Crippen molar-refractivity contribution in [2.45, 2.75) is 13.5 Å². The predicted molar refractivity (Wildman–Crippen MR) is 125 cm³/mol. The summed E-state index contributed by atoms with van der Waals surface area (Å²) in [6.07, 6.45) is 0. The van der Waals surface area contributed by atoms with Crippen molar-refractivity contribution in [2.75, 3.05) is 18.1 Å². The molecule has 0 aliphatic rings. The molecule has 4 rings (SSSR count). The highest BCUT2D eigenvalue weighted by atomic mass is 35.5. The van der Waals surface area contributed by atoms with Gasteiger partial charge in [-0.25, -0.2) is 4.98 Å². The average molecular weight is 453 g/mol. The van der Waals surface area contributed by atoms with Crippen molar-refractivity contribution in [1.29, 1.82) is 0 Å². The minimum Gasteiger partial charge on any atom is -0.494 e. The van der Waals surface area contributed by atoms with E-state index in [2.05, 4.69) is 0 Å². The average Bonchev–Trinajstić information content (AvgIpc) is 3.21. The van der Waals surface area contributed by atoms with Gasteiger partial charge in [0.1, 0.15) is 11.5 Å². The SMILES string of the molecule is CCOc1ccc2nc(N(Cc3ccccc3)C(=O)COc3ccc(Cl)cc3)sc2c1. The number of carbonyl (C=O) groups excluding carboxylic acids is 1. The van der Waals surface area contributed by atoms with Gasteiger partial charge in [-0.05, 0) is 55.0 Å². The molecule has 1 amide bonds. The topological polar surface area (TPSA) is 51.7 Å². The van der Waals surface area contributed by atoms with Crippen LogP contribution in [0.15, 0.2) is 72.8 Å². The normalized spacial score (nSPS) is 10.8. The van der Waals surface area contributed by atoms with E-state index in [1.165, 1.54) is 11.3 Å². The maximum absolute atomic E-state index is 13.2. The fourth-order valence-corrected chi connectivity index (χ4v) is 4.18. The van der Waals surface area contributed by atoms with Crippen molar-refractivity contribution in [1.82, 2.24) is 4.98 Å². The Morgan fingerprint density at radius 2 is 1.74 bits per heavy atom. The highest BCUT2D eigenvalue weighted by molar-refractivity contribution is 7.22. The maximum Gasteiger partial charge on any atom is 0.267 e. The van der Waals surface area contributed by atoms with Gasteiger partial charge in [0.05, 0.1) is 23.4 Å². The van der Waals surface area contributed by atoms with E-state index in [1.807, 2.05) is 55.5 Å². The number of carbonyl (C=O) groups is 1. The Morgan fingerprint density at radius 1 is 1.00 bits per heavy atom. The number of halogens is 1. The van der Waals surface area contributed by atoms with Crippen LogP contribution in [0.4, 0.5) is 5.13 Å². The lowest BCUT2D eigenvalue weighted by molar-refractivity contribution is -0.120. The molecule has 158 valence electrons. The molecule has 1 aromatic heterocycles. The van der Waals surface area contributed by atoms with Gasteiger partial charge in [0, 0.05) is 5.02 Å². The molecule has 0 unspecified atom stereocenters. The van der Waals surface area contributed by atoms with Crippen LogP contribution in [0.1, 0.15) is 12.5 Å². The lowest BCUT2D eigenvalue weighted by atomic mass is 10.2. The highest BCUT2D eigenvalue weighted by Crippen LogP contribution is 2.32. The third-order valence-electron chi connectivity index (χ3n) is 4.55. The van der Waals surface area contributed by atoms with Crippen LogP contribution in [-0.2, 0) is 11.3 Å². The summed E-state index contributed by atoms with van der Waals surface area (Å²) in [4.78, 5) is 19.5. The Kier molecular flexibility index (Phi) is 6.70. The monoisotopic (exact) mass is 452 g/mol. The third kappa shape index (κ3) is 5.34. The van der Waals surface area contributed by atoms with Gasteiger partial charge in [0.25, 0.3) is 5.91 Å². The zero-order valence-corrected chi connectivity index (χ0v) is 18.5. The van der Waals surface area contributed by atoms with Crippen LogP contribution in [-0.4, -0.2) is 24.1 Å². The van der Waals surface area contributed by atoms with E-state index >= 15 is 0 Å². The van der Waals surface area contributed by atoms with Gasteiger partial charge in [-0.1, -0.05) is 53.3 Å². The Balaban J connectivity index is 1.59. The second-order valence-corrected chi connectivity index (χ2v) is 8.21. The zero-order chi connectivity index (χ0) is 21.6. The molecule has 0 fully saturated rings. The van der Waals surface area contributed by atoms with Crippen molar-refractivity contribution in [3.63, 3.8) is 0 Å². The summed E-state index contributed by atoms with van der Waals surface area (Å²) in [5.74, 6) is 1.20. The molecule has 0 atom stereocenters. The minimum absolute atomic E-state index is 0.103. The van der Waals surface area contributed by atoms with Crippen LogP contribution < -0.4 is 14.4 Å². The number of rotatable bonds is 8. The van der Waals surface area contributed by atoms with Gasteiger partial charge in [-0.2, -0.15) is 0 Å². The van der Waals surface area contributed by atoms with Gasteiger partial charge in [-0.3, -0.25) is 9.69 Å².